The standard InChI is InChI=1S/C18H20FN7OS/c1-18(4-7-28-17(21)26-18)12-8-11(2-3-13(12)19)25-16(27)14-9-24-15(10-23-14)22-6-5-20/h2-3,8-10,15,22,24H,4,6-7H2,1H3,(H2,21,26)(H,25,27)/t15?,18-/m0/s1. The summed E-state index contributed by atoms with van der Waals surface area (Å²) >= 11 is 1.44. The Kier molecular flexibility index (Phi) is 5.96. The number of halogens is 1. The lowest BCUT2D eigenvalue weighted by molar-refractivity contribution is -0.112. The molecule has 0 radical (unpaired) electrons. The fourth-order valence-electron chi connectivity index (χ4n) is 2.89. The number of rotatable bonds is 5. The molecule has 0 aromatic heterocycles. The van der Waals surface area contributed by atoms with E-state index in [9.17, 15) is 9.18 Å². The number of nitriles is 1. The van der Waals surface area contributed by atoms with Crippen LogP contribution >= 0.6 is 11.8 Å². The van der Waals surface area contributed by atoms with Gasteiger partial charge in [-0.15, -0.1) is 0 Å². The van der Waals surface area contributed by atoms with Crippen molar-refractivity contribution in [1.82, 2.24) is 10.6 Å². The molecule has 5 N–H and O–H groups in total. The number of nitrogens with one attached hydrogen (secondary N) is 3. The molecule has 0 spiro atoms. The number of nitrogens with zero attached hydrogens (tertiary/aromatic N) is 3. The molecule has 146 valence electrons. The Balaban J connectivity index is 1.73. The molecule has 2 aliphatic heterocycles. The minimum absolute atomic E-state index is 0.154. The third kappa shape index (κ3) is 4.49. The maximum atomic E-state index is 14.5. The van der Waals surface area contributed by atoms with Crippen LogP contribution in [0.2, 0.25) is 0 Å². The van der Waals surface area contributed by atoms with E-state index in [1.807, 2.05) is 13.0 Å². The highest BCUT2D eigenvalue weighted by atomic mass is 32.2. The SMILES string of the molecule is C[C@@]1(c2cc(NC(=O)C3=CNC(NCC#N)C=N3)ccc2F)CCSC(N)=N1. The van der Waals surface area contributed by atoms with E-state index in [-0.39, 0.29) is 18.4 Å². The number of carbonyl (C=O) groups excluding carboxylic acids is 1. The van der Waals surface area contributed by atoms with Crippen molar-refractivity contribution in [2.45, 2.75) is 25.0 Å². The fourth-order valence-corrected chi connectivity index (χ4v) is 3.86. The normalized spacial score (nSPS) is 23.8. The molecule has 0 aliphatic carbocycles. The minimum Gasteiger partial charge on any atom is -0.379 e. The number of thioether (sulfide) groups is 1. The Morgan fingerprint density at radius 2 is 2.39 bits per heavy atom. The van der Waals surface area contributed by atoms with Gasteiger partial charge in [-0.2, -0.15) is 5.26 Å². The predicted octanol–water partition coefficient (Wildman–Crippen LogP) is 1.39. The molecular formula is C18H20FN7OS. The molecule has 1 aromatic rings. The van der Waals surface area contributed by atoms with Gasteiger partial charge in [0.15, 0.2) is 5.17 Å². The number of benzene rings is 1. The van der Waals surface area contributed by atoms with E-state index in [4.69, 9.17) is 11.0 Å². The predicted molar refractivity (Wildman–Crippen MR) is 108 cm³/mol. The van der Waals surface area contributed by atoms with Crippen LogP contribution in [0.25, 0.3) is 0 Å². The lowest BCUT2D eigenvalue weighted by Gasteiger charge is -2.30. The molecule has 3 rings (SSSR count). The second-order valence-electron chi connectivity index (χ2n) is 6.46. The molecule has 1 aromatic carbocycles. The number of hydrogen-bond acceptors (Lipinski definition) is 8. The summed E-state index contributed by atoms with van der Waals surface area (Å²) in [6.07, 6.45) is 3.28. The van der Waals surface area contributed by atoms with Crippen molar-refractivity contribution in [1.29, 1.82) is 5.26 Å². The quantitative estimate of drug-likeness (QED) is 0.552. The van der Waals surface area contributed by atoms with E-state index in [2.05, 4.69) is 25.9 Å². The van der Waals surface area contributed by atoms with Gasteiger partial charge < -0.3 is 16.4 Å². The molecule has 1 amide bonds. The summed E-state index contributed by atoms with van der Waals surface area (Å²) in [7, 11) is 0. The smallest absolute Gasteiger partial charge is 0.275 e. The molecular weight excluding hydrogens is 381 g/mol. The van der Waals surface area contributed by atoms with Gasteiger partial charge >= 0.3 is 0 Å². The van der Waals surface area contributed by atoms with Crippen molar-refractivity contribution in [2.75, 3.05) is 17.6 Å². The van der Waals surface area contributed by atoms with Crippen LogP contribution in [0.4, 0.5) is 10.1 Å². The summed E-state index contributed by atoms with van der Waals surface area (Å²) in [5, 5.41) is 17.5. The number of anilines is 1. The Labute approximate surface area is 166 Å². The molecule has 1 unspecified atom stereocenters. The number of aliphatic imine (C=N–C) groups is 2. The van der Waals surface area contributed by atoms with Crippen LogP contribution in [0.1, 0.15) is 18.9 Å². The monoisotopic (exact) mass is 401 g/mol. The van der Waals surface area contributed by atoms with E-state index in [1.165, 1.54) is 36.3 Å². The summed E-state index contributed by atoms with van der Waals surface area (Å²) < 4.78 is 14.5. The van der Waals surface area contributed by atoms with Gasteiger partial charge in [0.1, 0.15) is 17.7 Å². The molecule has 0 bridgehead atoms. The van der Waals surface area contributed by atoms with Gasteiger partial charge in [0.2, 0.25) is 0 Å². The van der Waals surface area contributed by atoms with Gasteiger partial charge in [0.05, 0.1) is 18.2 Å². The van der Waals surface area contributed by atoms with E-state index in [0.717, 1.165) is 5.75 Å². The number of nitrogens with two attached hydrogens (primary N) is 1. The van der Waals surface area contributed by atoms with Crippen molar-refractivity contribution in [2.24, 2.45) is 15.7 Å². The molecule has 2 atom stereocenters. The third-order valence-electron chi connectivity index (χ3n) is 4.40. The maximum Gasteiger partial charge on any atom is 0.275 e. The maximum absolute atomic E-state index is 14.5. The van der Waals surface area contributed by atoms with Crippen molar-refractivity contribution < 1.29 is 9.18 Å². The molecule has 10 heteroatoms. The van der Waals surface area contributed by atoms with Gasteiger partial charge in [-0.05, 0) is 31.5 Å². The first-order chi connectivity index (χ1) is 13.4. The summed E-state index contributed by atoms with van der Waals surface area (Å²) in [6, 6.07) is 6.34. The summed E-state index contributed by atoms with van der Waals surface area (Å²) in [4.78, 5) is 20.9. The Hall–Kier alpha value is -2.90. The molecule has 0 saturated heterocycles. The first-order valence-electron chi connectivity index (χ1n) is 8.61. The zero-order valence-corrected chi connectivity index (χ0v) is 16.0. The topological polar surface area (TPSA) is 128 Å². The molecule has 8 nitrogen and oxygen atoms in total. The Morgan fingerprint density at radius 1 is 1.57 bits per heavy atom. The van der Waals surface area contributed by atoms with E-state index < -0.39 is 17.3 Å². The van der Waals surface area contributed by atoms with Crippen molar-refractivity contribution in [3.63, 3.8) is 0 Å². The Bertz CT molecular complexity index is 908. The average Bonchev–Trinajstić information content (AvgIpc) is 2.68. The largest absolute Gasteiger partial charge is 0.379 e. The van der Waals surface area contributed by atoms with Gasteiger partial charge in [0.25, 0.3) is 5.91 Å². The first kappa shape index (κ1) is 19.9. The first-order valence-corrected chi connectivity index (χ1v) is 9.60. The lowest BCUT2D eigenvalue weighted by atomic mass is 9.89. The van der Waals surface area contributed by atoms with E-state index >= 15 is 0 Å². The molecule has 0 fully saturated rings. The number of amidine groups is 1. The van der Waals surface area contributed by atoms with Crippen LogP contribution in [0.5, 0.6) is 0 Å². The second kappa shape index (κ2) is 8.41. The van der Waals surface area contributed by atoms with E-state index in [1.54, 1.807) is 6.07 Å². The Morgan fingerprint density at radius 3 is 3.07 bits per heavy atom. The van der Waals surface area contributed by atoms with Crippen LogP contribution in [0.3, 0.4) is 0 Å². The average molecular weight is 401 g/mol. The zero-order chi connectivity index (χ0) is 20.1. The van der Waals surface area contributed by atoms with Gasteiger partial charge in [-0.25, -0.2) is 4.39 Å². The van der Waals surface area contributed by atoms with Crippen LogP contribution < -0.4 is 21.7 Å². The van der Waals surface area contributed by atoms with Crippen molar-refractivity contribution in [3.8, 4) is 6.07 Å². The summed E-state index contributed by atoms with van der Waals surface area (Å²) in [5.74, 6) is -0.0878. The lowest BCUT2D eigenvalue weighted by Crippen LogP contribution is -2.43. The third-order valence-corrected chi connectivity index (χ3v) is 5.19. The fraction of sp³-hybridized carbons (Fsp3) is 0.333. The molecule has 2 aliphatic rings. The highest BCUT2D eigenvalue weighted by Crippen LogP contribution is 2.37. The number of hydrogen-bond donors (Lipinski definition) is 4. The summed E-state index contributed by atoms with van der Waals surface area (Å²) in [6.45, 7) is 1.98. The van der Waals surface area contributed by atoms with Gasteiger partial charge in [0, 0.05) is 29.4 Å². The highest BCUT2D eigenvalue weighted by molar-refractivity contribution is 8.13. The van der Waals surface area contributed by atoms with Crippen LogP contribution in [0.15, 0.2) is 40.1 Å². The van der Waals surface area contributed by atoms with E-state index in [0.29, 0.717) is 22.8 Å². The minimum atomic E-state index is -0.774. The molecule has 0 saturated carbocycles. The number of amides is 1. The van der Waals surface area contributed by atoms with Crippen LogP contribution in [-0.2, 0) is 10.3 Å². The van der Waals surface area contributed by atoms with Crippen LogP contribution in [0, 0.1) is 17.1 Å². The molecule has 28 heavy (non-hydrogen) atoms. The second-order valence-corrected chi connectivity index (χ2v) is 7.58. The van der Waals surface area contributed by atoms with Crippen molar-refractivity contribution >= 4 is 34.7 Å². The summed E-state index contributed by atoms with van der Waals surface area (Å²) in [5.41, 5.74) is 6.04. The molecule has 2 heterocycles. The van der Waals surface area contributed by atoms with Gasteiger partial charge in [-0.1, -0.05) is 11.8 Å². The van der Waals surface area contributed by atoms with Gasteiger partial charge in [-0.3, -0.25) is 20.1 Å². The highest BCUT2D eigenvalue weighted by Gasteiger charge is 2.32. The van der Waals surface area contributed by atoms with Crippen molar-refractivity contribution in [3.05, 3.63) is 41.5 Å². The number of carbonyl (C=O) groups is 1. The zero-order valence-electron chi connectivity index (χ0n) is 15.2. The van der Waals surface area contributed by atoms with Crippen LogP contribution in [-0.4, -0.2) is 35.8 Å².